The smallest absolute Gasteiger partial charge is 0.266 e. The first kappa shape index (κ1) is 23.1. The molecule has 168 valence electrons. The second-order valence-corrected chi connectivity index (χ2v) is 9.03. The first-order valence-corrected chi connectivity index (χ1v) is 11.6. The molecule has 4 nitrogen and oxygen atoms in total. The Balaban J connectivity index is 1.29. The molecule has 29 heavy (non-hydrogen) atoms. The summed E-state index contributed by atoms with van der Waals surface area (Å²) >= 11 is 0. The van der Waals surface area contributed by atoms with Gasteiger partial charge in [-0.15, -0.1) is 0 Å². The molecule has 0 bridgehead atoms. The fourth-order valence-electron chi connectivity index (χ4n) is 4.76. The van der Waals surface area contributed by atoms with Crippen molar-refractivity contribution in [3.8, 4) is 0 Å². The van der Waals surface area contributed by atoms with Gasteiger partial charge in [0.25, 0.3) is 6.08 Å². The van der Waals surface area contributed by atoms with Gasteiger partial charge in [-0.2, -0.15) is 8.78 Å². The molecule has 0 atom stereocenters. The molecule has 1 aliphatic carbocycles. The molecule has 6 heteroatoms. The molecular weight excluding hydrogens is 378 g/mol. The summed E-state index contributed by atoms with van der Waals surface area (Å²) in [6, 6.07) is 0. The molecule has 2 aliphatic heterocycles. The Bertz CT molecular complexity index is 473. The molecule has 0 aromatic heterocycles. The van der Waals surface area contributed by atoms with Crippen molar-refractivity contribution in [2.45, 2.75) is 83.7 Å². The lowest BCUT2D eigenvalue weighted by Gasteiger charge is -2.40. The number of allylic oxidation sites excluding steroid dienone is 1. The van der Waals surface area contributed by atoms with Gasteiger partial charge in [-0.05, 0) is 44.1 Å². The summed E-state index contributed by atoms with van der Waals surface area (Å²) in [4.78, 5) is 0. The average molecular weight is 417 g/mol. The molecule has 2 saturated heterocycles. The quantitative estimate of drug-likeness (QED) is 0.438. The summed E-state index contributed by atoms with van der Waals surface area (Å²) in [6.07, 6.45) is 10.1. The fourth-order valence-corrected chi connectivity index (χ4v) is 4.76. The van der Waals surface area contributed by atoms with Crippen LogP contribution in [0.2, 0.25) is 0 Å². The van der Waals surface area contributed by atoms with Crippen molar-refractivity contribution in [3.05, 3.63) is 12.2 Å². The summed E-state index contributed by atoms with van der Waals surface area (Å²) in [5.74, 6) is 0.908. The van der Waals surface area contributed by atoms with Crippen LogP contribution < -0.4 is 0 Å². The normalized spacial score (nSPS) is 36.0. The van der Waals surface area contributed by atoms with Gasteiger partial charge in [0.15, 0.2) is 12.6 Å². The van der Waals surface area contributed by atoms with Crippen LogP contribution in [0.5, 0.6) is 0 Å². The Morgan fingerprint density at radius 3 is 1.97 bits per heavy atom. The molecular formula is C23H38F2O4. The molecule has 0 spiro atoms. The molecule has 0 aromatic rings. The van der Waals surface area contributed by atoms with Gasteiger partial charge in [0.1, 0.15) is 0 Å². The van der Waals surface area contributed by atoms with Crippen molar-refractivity contribution >= 4 is 0 Å². The molecule has 0 radical (unpaired) electrons. The van der Waals surface area contributed by atoms with E-state index in [9.17, 15) is 8.78 Å². The van der Waals surface area contributed by atoms with Gasteiger partial charge in [0.05, 0.1) is 32.3 Å². The summed E-state index contributed by atoms with van der Waals surface area (Å²) in [7, 11) is 0. The zero-order valence-corrected chi connectivity index (χ0v) is 17.8. The number of rotatable bonds is 9. The molecule has 0 aromatic carbocycles. The van der Waals surface area contributed by atoms with Crippen molar-refractivity contribution in [2.24, 2.45) is 23.7 Å². The van der Waals surface area contributed by atoms with Crippen LogP contribution in [-0.2, 0) is 18.9 Å². The third-order valence-corrected chi connectivity index (χ3v) is 6.61. The van der Waals surface area contributed by atoms with E-state index in [1.54, 1.807) is 0 Å². The SMILES string of the molecule is CCCCCCCC1COC(C2COC(C3CCC(C=C(F)F)CC3)OC2)OC1. The van der Waals surface area contributed by atoms with E-state index in [1.807, 2.05) is 0 Å². The molecule has 0 N–H and O–H groups in total. The van der Waals surface area contributed by atoms with Crippen LogP contribution in [0.25, 0.3) is 0 Å². The van der Waals surface area contributed by atoms with Crippen molar-refractivity contribution in [1.29, 1.82) is 0 Å². The fraction of sp³-hybridized carbons (Fsp3) is 0.913. The van der Waals surface area contributed by atoms with E-state index < -0.39 is 6.08 Å². The number of hydrogen-bond donors (Lipinski definition) is 0. The minimum absolute atomic E-state index is 0.00350. The van der Waals surface area contributed by atoms with Gasteiger partial charge in [-0.3, -0.25) is 0 Å². The molecule has 3 fully saturated rings. The largest absolute Gasteiger partial charge is 0.352 e. The Hall–Kier alpha value is -0.560. The van der Waals surface area contributed by atoms with Crippen molar-refractivity contribution < 1.29 is 27.7 Å². The van der Waals surface area contributed by atoms with Crippen LogP contribution in [0, 0.1) is 23.7 Å². The van der Waals surface area contributed by atoms with Crippen LogP contribution in [0.4, 0.5) is 8.78 Å². The first-order valence-electron chi connectivity index (χ1n) is 11.6. The summed E-state index contributed by atoms with van der Waals surface area (Å²) in [5, 5.41) is 0. The van der Waals surface area contributed by atoms with E-state index in [1.165, 1.54) is 38.5 Å². The van der Waals surface area contributed by atoms with Gasteiger partial charge in [0, 0.05) is 11.8 Å². The lowest BCUT2D eigenvalue weighted by molar-refractivity contribution is -0.291. The maximum Gasteiger partial charge on any atom is 0.266 e. The second kappa shape index (κ2) is 12.3. The van der Waals surface area contributed by atoms with Crippen LogP contribution >= 0.6 is 0 Å². The van der Waals surface area contributed by atoms with Crippen molar-refractivity contribution in [1.82, 2.24) is 0 Å². The average Bonchev–Trinajstić information content (AvgIpc) is 2.74. The van der Waals surface area contributed by atoms with Crippen LogP contribution in [0.1, 0.15) is 71.1 Å². The Labute approximate surface area is 174 Å². The highest BCUT2D eigenvalue weighted by molar-refractivity contribution is 4.91. The summed E-state index contributed by atoms with van der Waals surface area (Å²) in [5.41, 5.74) is 0. The van der Waals surface area contributed by atoms with E-state index in [0.717, 1.165) is 45.0 Å². The third kappa shape index (κ3) is 7.57. The van der Waals surface area contributed by atoms with Crippen molar-refractivity contribution in [2.75, 3.05) is 26.4 Å². The molecule has 0 amide bonds. The topological polar surface area (TPSA) is 36.9 Å². The third-order valence-electron chi connectivity index (χ3n) is 6.61. The highest BCUT2D eigenvalue weighted by Crippen LogP contribution is 2.36. The van der Waals surface area contributed by atoms with E-state index in [-0.39, 0.29) is 24.4 Å². The van der Waals surface area contributed by atoms with E-state index in [4.69, 9.17) is 18.9 Å². The minimum Gasteiger partial charge on any atom is -0.352 e. The lowest BCUT2D eigenvalue weighted by Crippen LogP contribution is -2.46. The number of halogens is 2. The van der Waals surface area contributed by atoms with Crippen LogP contribution in [0.3, 0.4) is 0 Å². The van der Waals surface area contributed by atoms with Gasteiger partial charge in [0.2, 0.25) is 0 Å². The maximum atomic E-state index is 12.4. The van der Waals surface area contributed by atoms with Gasteiger partial charge in [-0.25, -0.2) is 0 Å². The molecule has 0 unspecified atom stereocenters. The Kier molecular flexibility index (Phi) is 9.83. The predicted molar refractivity (Wildman–Crippen MR) is 107 cm³/mol. The standard InChI is InChI=1S/C23H38F2O4/c1-2-3-4-5-6-7-18-13-26-23(27-14-18)20-15-28-22(29-16-20)19-10-8-17(9-11-19)12-21(24)25/h12,17-20,22-23H,2-11,13-16H2,1H3. The lowest BCUT2D eigenvalue weighted by atomic mass is 9.81. The zero-order valence-electron chi connectivity index (χ0n) is 17.8. The highest BCUT2D eigenvalue weighted by Gasteiger charge is 2.37. The monoisotopic (exact) mass is 416 g/mol. The van der Waals surface area contributed by atoms with E-state index >= 15 is 0 Å². The van der Waals surface area contributed by atoms with Gasteiger partial charge in [-0.1, -0.05) is 39.0 Å². The van der Waals surface area contributed by atoms with E-state index in [2.05, 4.69) is 6.92 Å². The Morgan fingerprint density at radius 1 is 0.759 bits per heavy atom. The van der Waals surface area contributed by atoms with Crippen molar-refractivity contribution in [3.63, 3.8) is 0 Å². The highest BCUT2D eigenvalue weighted by atomic mass is 19.3. The maximum absolute atomic E-state index is 12.4. The van der Waals surface area contributed by atoms with Crippen LogP contribution in [0.15, 0.2) is 12.2 Å². The first-order chi connectivity index (χ1) is 14.2. The predicted octanol–water partition coefficient (Wildman–Crippen LogP) is 5.91. The molecule has 3 aliphatic rings. The van der Waals surface area contributed by atoms with E-state index in [0.29, 0.717) is 25.0 Å². The second-order valence-electron chi connectivity index (χ2n) is 9.03. The van der Waals surface area contributed by atoms with Gasteiger partial charge < -0.3 is 18.9 Å². The number of unbranched alkanes of at least 4 members (excludes halogenated alkanes) is 4. The summed E-state index contributed by atoms with van der Waals surface area (Å²) in [6.45, 7) is 4.93. The zero-order chi connectivity index (χ0) is 20.5. The molecule has 2 heterocycles. The number of ether oxygens (including phenoxy) is 4. The Morgan fingerprint density at radius 2 is 1.34 bits per heavy atom. The molecule has 1 saturated carbocycles. The van der Waals surface area contributed by atoms with Gasteiger partial charge >= 0.3 is 0 Å². The number of hydrogen-bond acceptors (Lipinski definition) is 4. The molecule has 3 rings (SSSR count). The minimum atomic E-state index is -1.56. The van der Waals surface area contributed by atoms with Crippen LogP contribution in [-0.4, -0.2) is 39.0 Å². The summed E-state index contributed by atoms with van der Waals surface area (Å²) < 4.78 is 48.7.